The SMILES string of the molecule is CC1CCCC(CNc2c(Cl)cc(Cl)cc2Cl)C1. The molecule has 2 rings (SSSR count). The molecular weight excluding hydrogens is 289 g/mol. The largest absolute Gasteiger partial charge is 0.382 e. The molecule has 1 aliphatic rings. The summed E-state index contributed by atoms with van der Waals surface area (Å²) in [6.45, 7) is 3.26. The Morgan fingerprint density at radius 3 is 2.44 bits per heavy atom. The molecule has 0 bridgehead atoms. The van der Waals surface area contributed by atoms with Crippen molar-refractivity contribution in [2.75, 3.05) is 11.9 Å². The Morgan fingerprint density at radius 1 is 1.17 bits per heavy atom. The molecule has 1 aromatic rings. The number of hydrogen-bond acceptors (Lipinski definition) is 1. The molecule has 4 heteroatoms. The van der Waals surface area contributed by atoms with Gasteiger partial charge in [0, 0.05) is 11.6 Å². The number of halogens is 3. The molecule has 2 atom stereocenters. The van der Waals surface area contributed by atoms with E-state index >= 15 is 0 Å². The van der Waals surface area contributed by atoms with Crippen LogP contribution in [0.2, 0.25) is 15.1 Å². The van der Waals surface area contributed by atoms with Gasteiger partial charge in [-0.1, -0.05) is 54.6 Å². The first-order chi connectivity index (χ1) is 8.56. The second kappa shape index (κ2) is 6.36. The summed E-state index contributed by atoms with van der Waals surface area (Å²) in [5.41, 5.74) is 0.806. The van der Waals surface area contributed by atoms with Crippen LogP contribution in [0, 0.1) is 11.8 Å². The zero-order valence-electron chi connectivity index (χ0n) is 10.5. The van der Waals surface area contributed by atoms with Crippen molar-refractivity contribution in [2.45, 2.75) is 32.6 Å². The highest BCUT2D eigenvalue weighted by molar-refractivity contribution is 6.41. The fourth-order valence-electron chi connectivity index (χ4n) is 2.70. The minimum Gasteiger partial charge on any atom is -0.382 e. The van der Waals surface area contributed by atoms with Crippen molar-refractivity contribution >= 4 is 40.5 Å². The minimum atomic E-state index is 0.571. The van der Waals surface area contributed by atoms with Crippen molar-refractivity contribution in [2.24, 2.45) is 11.8 Å². The molecule has 1 saturated carbocycles. The molecule has 0 spiro atoms. The van der Waals surface area contributed by atoms with Crippen molar-refractivity contribution < 1.29 is 0 Å². The summed E-state index contributed by atoms with van der Waals surface area (Å²) < 4.78 is 0. The fraction of sp³-hybridized carbons (Fsp3) is 0.571. The van der Waals surface area contributed by atoms with E-state index in [0.29, 0.717) is 15.1 Å². The molecule has 1 nitrogen and oxygen atoms in total. The Bertz CT molecular complexity index is 396. The van der Waals surface area contributed by atoms with Gasteiger partial charge in [0.25, 0.3) is 0 Å². The van der Waals surface area contributed by atoms with E-state index in [0.717, 1.165) is 24.1 Å². The highest BCUT2D eigenvalue weighted by Gasteiger charge is 2.19. The van der Waals surface area contributed by atoms with E-state index in [-0.39, 0.29) is 0 Å². The van der Waals surface area contributed by atoms with Gasteiger partial charge in [0.1, 0.15) is 0 Å². The first-order valence-corrected chi connectivity index (χ1v) is 7.58. The summed E-state index contributed by atoms with van der Waals surface area (Å²) in [6.07, 6.45) is 5.27. The van der Waals surface area contributed by atoms with Crippen LogP contribution in [0.25, 0.3) is 0 Å². The Morgan fingerprint density at radius 2 is 1.83 bits per heavy atom. The van der Waals surface area contributed by atoms with Crippen molar-refractivity contribution in [3.8, 4) is 0 Å². The molecule has 0 aromatic heterocycles. The summed E-state index contributed by atoms with van der Waals surface area (Å²) in [6, 6.07) is 3.45. The predicted octanol–water partition coefficient (Wildman–Crippen LogP) is 5.89. The van der Waals surface area contributed by atoms with E-state index in [1.54, 1.807) is 12.1 Å². The van der Waals surface area contributed by atoms with Crippen LogP contribution < -0.4 is 5.32 Å². The van der Waals surface area contributed by atoms with Crippen molar-refractivity contribution in [1.29, 1.82) is 0 Å². The van der Waals surface area contributed by atoms with Crippen LogP contribution in [0.3, 0.4) is 0 Å². The van der Waals surface area contributed by atoms with Crippen LogP contribution >= 0.6 is 34.8 Å². The van der Waals surface area contributed by atoms with Crippen LogP contribution in [0.5, 0.6) is 0 Å². The maximum Gasteiger partial charge on any atom is 0.0720 e. The molecule has 1 N–H and O–H groups in total. The van der Waals surface area contributed by atoms with Gasteiger partial charge in [-0.2, -0.15) is 0 Å². The second-order valence-electron chi connectivity index (χ2n) is 5.26. The van der Waals surface area contributed by atoms with Crippen LogP contribution in [0.15, 0.2) is 12.1 Å². The molecule has 0 amide bonds. The van der Waals surface area contributed by atoms with Crippen molar-refractivity contribution in [1.82, 2.24) is 0 Å². The van der Waals surface area contributed by atoms with Crippen LogP contribution in [-0.2, 0) is 0 Å². The number of hydrogen-bond donors (Lipinski definition) is 1. The van der Waals surface area contributed by atoms with Gasteiger partial charge in [-0.15, -0.1) is 0 Å². The van der Waals surface area contributed by atoms with Gasteiger partial charge >= 0.3 is 0 Å². The molecule has 18 heavy (non-hydrogen) atoms. The molecule has 1 aromatic carbocycles. The standard InChI is InChI=1S/C14H18Cl3N/c1-9-3-2-4-10(5-9)8-18-14-12(16)6-11(15)7-13(14)17/h6-7,9-10,18H,2-5,8H2,1H3. The van der Waals surface area contributed by atoms with Crippen molar-refractivity contribution in [3.05, 3.63) is 27.2 Å². The quantitative estimate of drug-likeness (QED) is 0.734. The molecule has 0 heterocycles. The third-order valence-corrected chi connectivity index (χ3v) is 4.43. The van der Waals surface area contributed by atoms with Gasteiger partial charge < -0.3 is 5.32 Å². The average molecular weight is 307 g/mol. The minimum absolute atomic E-state index is 0.571. The van der Waals surface area contributed by atoms with Gasteiger partial charge in [-0.25, -0.2) is 0 Å². The number of benzene rings is 1. The number of rotatable bonds is 3. The van der Waals surface area contributed by atoms with Crippen LogP contribution in [-0.4, -0.2) is 6.54 Å². The van der Waals surface area contributed by atoms with E-state index in [1.807, 2.05) is 0 Å². The predicted molar refractivity (Wildman–Crippen MR) is 81.1 cm³/mol. The summed E-state index contributed by atoms with van der Waals surface area (Å²) >= 11 is 18.2. The fourth-order valence-corrected chi connectivity index (χ4v) is 3.65. The third kappa shape index (κ3) is 3.69. The van der Waals surface area contributed by atoms with E-state index < -0.39 is 0 Å². The third-order valence-electron chi connectivity index (χ3n) is 3.62. The molecule has 2 unspecified atom stereocenters. The lowest BCUT2D eigenvalue weighted by Gasteiger charge is -2.27. The normalized spacial score (nSPS) is 24.0. The summed E-state index contributed by atoms with van der Waals surface area (Å²) in [5.74, 6) is 1.55. The highest BCUT2D eigenvalue weighted by Crippen LogP contribution is 2.35. The lowest BCUT2D eigenvalue weighted by atomic mass is 9.82. The van der Waals surface area contributed by atoms with E-state index in [9.17, 15) is 0 Å². The van der Waals surface area contributed by atoms with Crippen LogP contribution in [0.1, 0.15) is 32.6 Å². The van der Waals surface area contributed by atoms with E-state index in [1.165, 1.54) is 25.7 Å². The van der Waals surface area contributed by atoms with Crippen LogP contribution in [0.4, 0.5) is 5.69 Å². The molecule has 1 fully saturated rings. The molecule has 0 saturated heterocycles. The molecule has 0 radical (unpaired) electrons. The lowest BCUT2D eigenvalue weighted by molar-refractivity contribution is 0.293. The highest BCUT2D eigenvalue weighted by atomic mass is 35.5. The van der Waals surface area contributed by atoms with Gasteiger partial charge in [-0.05, 0) is 36.8 Å². The average Bonchev–Trinajstić information content (AvgIpc) is 2.27. The lowest BCUT2D eigenvalue weighted by Crippen LogP contribution is -2.21. The first-order valence-electron chi connectivity index (χ1n) is 6.44. The van der Waals surface area contributed by atoms with Gasteiger partial charge in [0.15, 0.2) is 0 Å². The van der Waals surface area contributed by atoms with Crippen molar-refractivity contribution in [3.63, 3.8) is 0 Å². The monoisotopic (exact) mass is 305 g/mol. The summed E-state index contributed by atoms with van der Waals surface area (Å²) in [4.78, 5) is 0. The number of nitrogens with one attached hydrogen (secondary N) is 1. The topological polar surface area (TPSA) is 12.0 Å². The summed E-state index contributed by atoms with van der Waals surface area (Å²) in [5, 5.41) is 5.14. The Kier molecular flexibility index (Phi) is 5.06. The zero-order valence-corrected chi connectivity index (χ0v) is 12.7. The molecule has 1 aliphatic carbocycles. The maximum absolute atomic E-state index is 6.15. The first kappa shape index (κ1) is 14.3. The molecule has 100 valence electrons. The Labute approximate surface area is 124 Å². The Balaban J connectivity index is 1.97. The van der Waals surface area contributed by atoms with Gasteiger partial charge in [0.05, 0.1) is 15.7 Å². The Hall–Kier alpha value is -0.110. The van der Waals surface area contributed by atoms with E-state index in [2.05, 4.69) is 12.2 Å². The molecule has 0 aliphatic heterocycles. The molecular formula is C14H18Cl3N. The smallest absolute Gasteiger partial charge is 0.0720 e. The number of anilines is 1. The van der Waals surface area contributed by atoms with Gasteiger partial charge in [-0.3, -0.25) is 0 Å². The zero-order chi connectivity index (χ0) is 13.1. The second-order valence-corrected chi connectivity index (χ2v) is 6.51. The summed E-state index contributed by atoms with van der Waals surface area (Å²) in [7, 11) is 0. The maximum atomic E-state index is 6.15. The van der Waals surface area contributed by atoms with Gasteiger partial charge in [0.2, 0.25) is 0 Å². The van der Waals surface area contributed by atoms with E-state index in [4.69, 9.17) is 34.8 Å².